The van der Waals surface area contributed by atoms with Crippen molar-refractivity contribution < 1.29 is 13.5 Å². The molecule has 34 heavy (non-hydrogen) atoms. The van der Waals surface area contributed by atoms with Crippen molar-refractivity contribution >= 4 is 32.3 Å². The second-order valence-electron chi connectivity index (χ2n) is 9.45. The van der Waals surface area contributed by atoms with E-state index in [9.17, 15) is 18.3 Å². The molecule has 184 valence electrons. The number of hydrogen-bond acceptors (Lipinski definition) is 5. The lowest BCUT2D eigenvalue weighted by atomic mass is 10.00. The number of sulfone groups is 1. The second-order valence-corrected chi connectivity index (χ2v) is 12.0. The van der Waals surface area contributed by atoms with Crippen molar-refractivity contribution in [3.8, 4) is 0 Å². The third-order valence-electron chi connectivity index (χ3n) is 5.89. The summed E-state index contributed by atoms with van der Waals surface area (Å²) < 4.78 is 27.1. The summed E-state index contributed by atoms with van der Waals surface area (Å²) in [5.74, 6) is -0.192. The molecule has 3 rings (SSSR count). The molecule has 2 aromatic carbocycles. The van der Waals surface area contributed by atoms with Gasteiger partial charge in [0.25, 0.3) is 5.56 Å². The van der Waals surface area contributed by atoms with E-state index in [4.69, 9.17) is 11.6 Å². The lowest BCUT2D eigenvalue weighted by Gasteiger charge is -2.19. The predicted molar refractivity (Wildman–Crippen MR) is 138 cm³/mol. The Morgan fingerprint density at radius 3 is 2.50 bits per heavy atom. The minimum atomic E-state index is -3.54. The zero-order valence-electron chi connectivity index (χ0n) is 19.9. The van der Waals surface area contributed by atoms with Crippen molar-refractivity contribution in [1.82, 2.24) is 9.88 Å². The number of aliphatic hydroxyl groups is 1. The molecule has 1 unspecified atom stereocenters. The van der Waals surface area contributed by atoms with E-state index < -0.39 is 15.4 Å². The first-order valence-electron chi connectivity index (χ1n) is 11.5. The van der Waals surface area contributed by atoms with Crippen LogP contribution in [0.15, 0.2) is 64.3 Å². The van der Waals surface area contributed by atoms with Crippen LogP contribution in [0.25, 0.3) is 10.9 Å². The molecule has 0 radical (unpaired) electrons. The van der Waals surface area contributed by atoms with Gasteiger partial charge in [-0.3, -0.25) is 4.79 Å². The minimum Gasteiger partial charge on any atom is -0.390 e. The van der Waals surface area contributed by atoms with E-state index in [1.807, 2.05) is 12.1 Å². The van der Waals surface area contributed by atoms with Gasteiger partial charge in [-0.1, -0.05) is 35.9 Å². The Bertz CT molecular complexity index is 1280. The van der Waals surface area contributed by atoms with Crippen molar-refractivity contribution in [2.75, 3.05) is 5.75 Å². The molecule has 1 heterocycles. The maximum absolute atomic E-state index is 13.4. The summed E-state index contributed by atoms with van der Waals surface area (Å²) >= 11 is 6.19. The first kappa shape index (κ1) is 26.4. The fourth-order valence-corrected chi connectivity index (χ4v) is 5.33. The maximum Gasteiger partial charge on any atom is 0.255 e. The Labute approximate surface area is 206 Å². The highest BCUT2D eigenvalue weighted by atomic mass is 35.5. The molecular weight excluding hydrogens is 472 g/mol. The average molecular weight is 505 g/mol. The van der Waals surface area contributed by atoms with Crippen LogP contribution >= 0.6 is 11.6 Å². The summed E-state index contributed by atoms with van der Waals surface area (Å²) in [4.78, 5) is 13.6. The third kappa shape index (κ3) is 7.15. The number of aromatic nitrogens is 1. The fraction of sp³-hybridized carbons (Fsp3) is 0.423. The summed E-state index contributed by atoms with van der Waals surface area (Å²) in [6.45, 7) is 6.05. The average Bonchev–Trinajstić information content (AvgIpc) is 2.77. The number of pyridine rings is 1. The summed E-state index contributed by atoms with van der Waals surface area (Å²) in [7, 11) is -3.54. The number of nitrogens with one attached hydrogen (secondary N) is 1. The van der Waals surface area contributed by atoms with E-state index in [1.165, 1.54) is 4.57 Å². The molecule has 3 aromatic rings. The van der Waals surface area contributed by atoms with Crippen LogP contribution < -0.4 is 10.9 Å². The molecule has 8 heteroatoms. The molecule has 2 N–H and O–H groups in total. The summed E-state index contributed by atoms with van der Waals surface area (Å²) in [6.07, 6.45) is 2.45. The molecule has 1 aromatic heterocycles. The normalized spacial score (nSPS) is 13.3. The molecule has 0 saturated carbocycles. The van der Waals surface area contributed by atoms with Crippen LogP contribution in [0.2, 0.25) is 5.02 Å². The van der Waals surface area contributed by atoms with Gasteiger partial charge < -0.3 is 15.0 Å². The Hall–Kier alpha value is -2.19. The monoisotopic (exact) mass is 504 g/mol. The number of halogens is 1. The van der Waals surface area contributed by atoms with Crippen molar-refractivity contribution in [3.63, 3.8) is 0 Å². The molecule has 6 nitrogen and oxygen atoms in total. The van der Waals surface area contributed by atoms with Gasteiger partial charge in [0.05, 0.1) is 21.8 Å². The van der Waals surface area contributed by atoms with Gasteiger partial charge in [0, 0.05) is 29.7 Å². The zero-order valence-corrected chi connectivity index (χ0v) is 21.5. The van der Waals surface area contributed by atoms with E-state index in [1.54, 1.807) is 56.3 Å². The van der Waals surface area contributed by atoms with E-state index >= 15 is 0 Å². The van der Waals surface area contributed by atoms with Gasteiger partial charge >= 0.3 is 0 Å². The van der Waals surface area contributed by atoms with E-state index in [-0.39, 0.29) is 28.8 Å². The molecule has 0 aliphatic rings. The van der Waals surface area contributed by atoms with Gasteiger partial charge in [-0.25, -0.2) is 8.42 Å². The Kier molecular flexibility index (Phi) is 8.57. The topological polar surface area (TPSA) is 88.4 Å². The molecule has 0 aliphatic heterocycles. The van der Waals surface area contributed by atoms with Crippen LogP contribution in [-0.2, 0) is 22.9 Å². The van der Waals surface area contributed by atoms with Crippen LogP contribution in [0.4, 0.5) is 0 Å². The summed E-state index contributed by atoms with van der Waals surface area (Å²) in [5.41, 5.74) is 0.269. The number of nitrogens with zero attached hydrogens (tertiary/aromatic N) is 1. The van der Waals surface area contributed by atoms with Gasteiger partial charge in [0.15, 0.2) is 9.84 Å². The number of rotatable bonds is 11. The van der Waals surface area contributed by atoms with Crippen LogP contribution in [0, 0.1) is 0 Å². The molecule has 0 saturated heterocycles. The number of aryl methyl sites for hydroxylation is 1. The highest BCUT2D eigenvalue weighted by Gasteiger charge is 2.17. The summed E-state index contributed by atoms with van der Waals surface area (Å²) in [6, 6.07) is 15.6. The zero-order chi connectivity index (χ0) is 24.9. The van der Waals surface area contributed by atoms with Crippen LogP contribution in [0.5, 0.6) is 0 Å². The lowest BCUT2D eigenvalue weighted by Crippen LogP contribution is -2.32. The minimum absolute atomic E-state index is 0.0296. The van der Waals surface area contributed by atoms with Gasteiger partial charge in [-0.2, -0.15) is 0 Å². The van der Waals surface area contributed by atoms with E-state index in [0.717, 1.165) is 18.2 Å². The second kappa shape index (κ2) is 11.0. The third-order valence-corrected chi connectivity index (χ3v) is 7.83. The van der Waals surface area contributed by atoms with Crippen molar-refractivity contribution in [2.45, 2.75) is 69.7 Å². The standard InChI is InChI=1S/C26H33ClN2O4S/c1-19(8-7-13-26(2,3)31)28-18-21-16-20-11-12-22(27)17-24(20)29(25(21)30)14-15-34(32,33)23-9-5-4-6-10-23/h4-6,9-12,16-17,19,28,31H,7-8,13-15,18H2,1-3H3. The van der Waals surface area contributed by atoms with E-state index in [2.05, 4.69) is 12.2 Å². The highest BCUT2D eigenvalue weighted by Crippen LogP contribution is 2.20. The van der Waals surface area contributed by atoms with Gasteiger partial charge in [0.2, 0.25) is 0 Å². The Balaban J connectivity index is 1.82. The molecule has 0 bridgehead atoms. The number of benzene rings is 2. The first-order valence-corrected chi connectivity index (χ1v) is 13.5. The molecule has 0 fully saturated rings. The predicted octanol–water partition coefficient (Wildman–Crippen LogP) is 4.55. The SMILES string of the molecule is CC(CCCC(C)(C)O)NCc1cc2ccc(Cl)cc2n(CCS(=O)(=O)c2ccccc2)c1=O. The van der Waals surface area contributed by atoms with Crippen LogP contribution in [0.1, 0.15) is 45.6 Å². The fourth-order valence-electron chi connectivity index (χ4n) is 3.94. The summed E-state index contributed by atoms with van der Waals surface area (Å²) in [5, 5.41) is 14.6. The first-order chi connectivity index (χ1) is 16.0. The Morgan fingerprint density at radius 1 is 1.12 bits per heavy atom. The highest BCUT2D eigenvalue weighted by molar-refractivity contribution is 7.91. The molecule has 0 amide bonds. The van der Waals surface area contributed by atoms with Crippen molar-refractivity contribution in [1.29, 1.82) is 0 Å². The smallest absolute Gasteiger partial charge is 0.255 e. The van der Waals surface area contributed by atoms with Gasteiger partial charge in [0.1, 0.15) is 0 Å². The maximum atomic E-state index is 13.4. The quantitative estimate of drug-likeness (QED) is 0.400. The van der Waals surface area contributed by atoms with Crippen molar-refractivity contribution in [3.05, 3.63) is 75.5 Å². The number of fused-ring (bicyclic) bond motifs is 1. The molecule has 0 aliphatic carbocycles. The lowest BCUT2D eigenvalue weighted by molar-refractivity contribution is 0.0675. The largest absolute Gasteiger partial charge is 0.390 e. The van der Waals surface area contributed by atoms with Crippen molar-refractivity contribution in [2.24, 2.45) is 0 Å². The van der Waals surface area contributed by atoms with E-state index in [0.29, 0.717) is 29.1 Å². The molecule has 1 atom stereocenters. The van der Waals surface area contributed by atoms with Crippen LogP contribution in [-0.4, -0.2) is 35.5 Å². The van der Waals surface area contributed by atoms with Crippen LogP contribution in [0.3, 0.4) is 0 Å². The number of hydrogen-bond donors (Lipinski definition) is 2. The molecular formula is C26H33ClN2O4S. The van der Waals surface area contributed by atoms with Gasteiger partial charge in [-0.05, 0) is 75.8 Å². The Morgan fingerprint density at radius 2 is 1.82 bits per heavy atom. The van der Waals surface area contributed by atoms with Gasteiger partial charge in [-0.15, -0.1) is 0 Å². The molecule has 0 spiro atoms.